The maximum atomic E-state index is 12.8. The van der Waals surface area contributed by atoms with Crippen LogP contribution in [0.3, 0.4) is 0 Å². The second-order valence-electron chi connectivity index (χ2n) is 4.76. The van der Waals surface area contributed by atoms with Crippen molar-refractivity contribution in [2.24, 2.45) is 0 Å². The van der Waals surface area contributed by atoms with Crippen LogP contribution in [0.25, 0.3) is 0 Å². The fourth-order valence-electron chi connectivity index (χ4n) is 2.21. The van der Waals surface area contributed by atoms with Crippen molar-refractivity contribution in [3.63, 3.8) is 0 Å². The van der Waals surface area contributed by atoms with Crippen LogP contribution >= 0.6 is 15.9 Å². The van der Waals surface area contributed by atoms with E-state index in [0.717, 1.165) is 19.0 Å². The summed E-state index contributed by atoms with van der Waals surface area (Å²) in [5.74, 6) is -0.392. The van der Waals surface area contributed by atoms with E-state index < -0.39 is 17.6 Å². The molecule has 0 radical (unpaired) electrons. The summed E-state index contributed by atoms with van der Waals surface area (Å²) in [6.45, 7) is 1.49. The Morgan fingerprint density at radius 1 is 1.45 bits per heavy atom. The van der Waals surface area contributed by atoms with Gasteiger partial charge in [-0.3, -0.25) is 4.79 Å². The minimum atomic E-state index is -4.48. The van der Waals surface area contributed by atoms with Crippen molar-refractivity contribution in [2.45, 2.75) is 18.6 Å². The lowest BCUT2D eigenvalue weighted by atomic mass is 10.1. The number of halogens is 4. The number of nitrogens with one attached hydrogen (secondary N) is 1. The van der Waals surface area contributed by atoms with Crippen LogP contribution in [0.5, 0.6) is 0 Å². The van der Waals surface area contributed by atoms with Gasteiger partial charge in [-0.1, -0.05) is 15.9 Å². The van der Waals surface area contributed by atoms with Gasteiger partial charge in [-0.15, -0.1) is 0 Å². The summed E-state index contributed by atoms with van der Waals surface area (Å²) in [7, 11) is 1.62. The van der Waals surface area contributed by atoms with E-state index in [4.69, 9.17) is 0 Å². The Kier molecular flexibility index (Phi) is 4.39. The van der Waals surface area contributed by atoms with Gasteiger partial charge in [0.15, 0.2) is 0 Å². The van der Waals surface area contributed by atoms with E-state index in [0.29, 0.717) is 6.54 Å². The van der Waals surface area contributed by atoms with E-state index >= 15 is 0 Å². The fourth-order valence-corrected chi connectivity index (χ4v) is 2.69. The van der Waals surface area contributed by atoms with Gasteiger partial charge in [0, 0.05) is 29.7 Å². The zero-order chi connectivity index (χ0) is 14.9. The van der Waals surface area contributed by atoms with Crippen molar-refractivity contribution >= 4 is 21.8 Å². The Balaban J connectivity index is 2.26. The van der Waals surface area contributed by atoms with Crippen LogP contribution in [-0.4, -0.2) is 37.0 Å². The first-order valence-corrected chi connectivity index (χ1v) is 6.94. The fraction of sp³-hybridized carbons (Fsp3) is 0.462. The van der Waals surface area contributed by atoms with Gasteiger partial charge in [0.25, 0.3) is 5.91 Å². The minimum Gasteiger partial charge on any atom is -0.337 e. The summed E-state index contributed by atoms with van der Waals surface area (Å²) in [5, 5.41) is 3.12. The van der Waals surface area contributed by atoms with Gasteiger partial charge < -0.3 is 10.2 Å². The molecule has 1 aliphatic rings. The molecule has 1 aliphatic heterocycles. The molecule has 0 bridgehead atoms. The summed E-state index contributed by atoms with van der Waals surface area (Å²) in [6.07, 6.45) is -3.67. The average Bonchev–Trinajstić information content (AvgIpc) is 2.90. The molecule has 1 amide bonds. The van der Waals surface area contributed by atoms with Gasteiger partial charge in [-0.25, -0.2) is 0 Å². The molecule has 110 valence electrons. The van der Waals surface area contributed by atoms with Crippen LogP contribution < -0.4 is 5.32 Å². The number of carbonyl (C=O) groups excluding carboxylic acids is 1. The lowest BCUT2D eigenvalue weighted by Gasteiger charge is -2.24. The summed E-state index contributed by atoms with van der Waals surface area (Å²) in [6, 6.07) is 3.59. The van der Waals surface area contributed by atoms with E-state index in [2.05, 4.69) is 21.2 Å². The Bertz CT molecular complexity index is 513. The summed E-state index contributed by atoms with van der Waals surface area (Å²) < 4.78 is 38.4. The van der Waals surface area contributed by atoms with Gasteiger partial charge >= 0.3 is 6.18 Å². The number of carbonyl (C=O) groups is 1. The third-order valence-corrected chi connectivity index (χ3v) is 4.11. The molecule has 0 saturated carbocycles. The second-order valence-corrected chi connectivity index (χ2v) is 5.61. The molecule has 7 heteroatoms. The van der Waals surface area contributed by atoms with Crippen LogP contribution in [0.2, 0.25) is 0 Å². The maximum absolute atomic E-state index is 12.8. The normalized spacial score (nSPS) is 19.1. The molecule has 1 aromatic carbocycles. The summed E-state index contributed by atoms with van der Waals surface area (Å²) in [5.41, 5.74) is -0.781. The van der Waals surface area contributed by atoms with Crippen LogP contribution in [0, 0.1) is 0 Å². The molecule has 0 aromatic heterocycles. The number of benzene rings is 1. The van der Waals surface area contributed by atoms with Crippen LogP contribution in [-0.2, 0) is 6.18 Å². The topological polar surface area (TPSA) is 32.3 Å². The molecule has 1 N–H and O–H groups in total. The number of hydrogen-bond donors (Lipinski definition) is 1. The average molecular weight is 351 g/mol. The molecule has 0 aliphatic carbocycles. The molecular weight excluding hydrogens is 337 g/mol. The highest BCUT2D eigenvalue weighted by atomic mass is 79.9. The molecule has 3 nitrogen and oxygen atoms in total. The lowest BCUT2D eigenvalue weighted by molar-refractivity contribution is -0.138. The summed E-state index contributed by atoms with van der Waals surface area (Å²) in [4.78, 5) is 13.7. The SMILES string of the molecule is CN(C(=O)c1ccc(Br)c(C(F)(F)F)c1)C1CCNC1. The van der Waals surface area contributed by atoms with Crippen LogP contribution in [0.4, 0.5) is 13.2 Å². The third-order valence-electron chi connectivity index (χ3n) is 3.42. The van der Waals surface area contributed by atoms with Crippen LogP contribution in [0.1, 0.15) is 22.3 Å². The molecule has 20 heavy (non-hydrogen) atoms. The highest BCUT2D eigenvalue weighted by molar-refractivity contribution is 9.10. The minimum absolute atomic E-state index is 0.0282. The first kappa shape index (κ1) is 15.3. The largest absolute Gasteiger partial charge is 0.417 e. The monoisotopic (exact) mass is 350 g/mol. The third kappa shape index (κ3) is 3.15. The molecule has 1 unspecified atom stereocenters. The quantitative estimate of drug-likeness (QED) is 0.889. The van der Waals surface area contributed by atoms with Gasteiger partial charge in [0.05, 0.1) is 5.56 Å². The Morgan fingerprint density at radius 2 is 2.15 bits per heavy atom. The van der Waals surface area contributed by atoms with E-state index in [1.807, 2.05) is 0 Å². The molecule has 1 saturated heterocycles. The lowest BCUT2D eigenvalue weighted by Crippen LogP contribution is -2.38. The first-order chi connectivity index (χ1) is 9.30. The Morgan fingerprint density at radius 3 is 2.70 bits per heavy atom. The van der Waals surface area contributed by atoms with Gasteiger partial charge in [-0.05, 0) is 31.2 Å². The number of nitrogens with zero attached hydrogens (tertiary/aromatic N) is 1. The van der Waals surface area contributed by atoms with Gasteiger partial charge in [-0.2, -0.15) is 13.2 Å². The molecule has 2 rings (SSSR count). The molecule has 1 fully saturated rings. The van der Waals surface area contributed by atoms with Crippen molar-refractivity contribution in [2.75, 3.05) is 20.1 Å². The number of hydrogen-bond acceptors (Lipinski definition) is 2. The number of amides is 1. The first-order valence-electron chi connectivity index (χ1n) is 6.15. The number of likely N-dealkylation sites (N-methyl/N-ethyl adjacent to an activating group) is 1. The highest BCUT2D eigenvalue weighted by Gasteiger charge is 2.34. The summed E-state index contributed by atoms with van der Waals surface area (Å²) >= 11 is 2.86. The van der Waals surface area contributed by atoms with E-state index in [-0.39, 0.29) is 16.1 Å². The molecular formula is C13H14BrF3N2O. The maximum Gasteiger partial charge on any atom is 0.417 e. The standard InChI is InChI=1S/C13H14BrF3N2O/c1-19(9-4-5-18-7-9)12(20)8-2-3-11(14)10(6-8)13(15,16)17/h2-3,6,9,18H,4-5,7H2,1H3. The van der Waals surface area contributed by atoms with E-state index in [1.54, 1.807) is 7.05 Å². The van der Waals surface area contributed by atoms with Crippen molar-refractivity contribution in [3.05, 3.63) is 33.8 Å². The molecule has 0 spiro atoms. The van der Waals surface area contributed by atoms with Crippen molar-refractivity contribution in [1.82, 2.24) is 10.2 Å². The van der Waals surface area contributed by atoms with Crippen molar-refractivity contribution in [1.29, 1.82) is 0 Å². The van der Waals surface area contributed by atoms with Gasteiger partial charge in [0.1, 0.15) is 0 Å². The van der Waals surface area contributed by atoms with Crippen molar-refractivity contribution in [3.8, 4) is 0 Å². The molecule has 1 heterocycles. The zero-order valence-electron chi connectivity index (χ0n) is 10.8. The Labute approximate surface area is 123 Å². The zero-order valence-corrected chi connectivity index (χ0v) is 12.4. The van der Waals surface area contributed by atoms with Gasteiger partial charge in [0.2, 0.25) is 0 Å². The highest BCUT2D eigenvalue weighted by Crippen LogP contribution is 2.35. The number of alkyl halides is 3. The van der Waals surface area contributed by atoms with Crippen LogP contribution in [0.15, 0.2) is 22.7 Å². The van der Waals surface area contributed by atoms with E-state index in [1.165, 1.54) is 17.0 Å². The van der Waals surface area contributed by atoms with Crippen molar-refractivity contribution < 1.29 is 18.0 Å². The second kappa shape index (κ2) is 5.73. The smallest absolute Gasteiger partial charge is 0.337 e. The van der Waals surface area contributed by atoms with E-state index in [9.17, 15) is 18.0 Å². The predicted molar refractivity (Wildman–Crippen MR) is 72.5 cm³/mol. The Hall–Kier alpha value is -1.08. The molecule has 1 aromatic rings. The number of rotatable bonds is 2. The molecule has 1 atom stereocenters. The predicted octanol–water partition coefficient (Wildman–Crippen LogP) is 2.90.